The molecule has 2 saturated heterocycles. The number of aliphatic imine (C=N–C) groups is 1. The predicted molar refractivity (Wildman–Crippen MR) is 127 cm³/mol. The Labute approximate surface area is 185 Å². The van der Waals surface area contributed by atoms with Crippen LogP contribution in [-0.2, 0) is 4.74 Å². The third-order valence-electron chi connectivity index (χ3n) is 5.12. The van der Waals surface area contributed by atoms with Crippen molar-refractivity contribution in [3.63, 3.8) is 0 Å². The molecule has 5 nitrogen and oxygen atoms in total. The van der Waals surface area contributed by atoms with E-state index < -0.39 is 0 Å². The summed E-state index contributed by atoms with van der Waals surface area (Å²) in [5.74, 6) is 2.20. The summed E-state index contributed by atoms with van der Waals surface area (Å²) in [4.78, 5) is 6.94. The van der Waals surface area contributed by atoms with Crippen molar-refractivity contribution in [1.82, 2.24) is 15.5 Å². The van der Waals surface area contributed by atoms with Crippen LogP contribution < -0.4 is 10.6 Å². The minimum Gasteiger partial charge on any atom is -0.379 e. The van der Waals surface area contributed by atoms with Crippen molar-refractivity contribution in [2.45, 2.75) is 31.1 Å². The summed E-state index contributed by atoms with van der Waals surface area (Å²) in [6.07, 6.45) is 2.66. The Bertz CT molecular complexity index is 589. The van der Waals surface area contributed by atoms with Crippen LogP contribution in [0.25, 0.3) is 0 Å². The Hall–Kier alpha value is -0.510. The van der Waals surface area contributed by atoms with Crippen molar-refractivity contribution >= 4 is 41.7 Å². The summed E-state index contributed by atoms with van der Waals surface area (Å²) in [6, 6.07) is 9.18. The Morgan fingerprint density at radius 2 is 2.15 bits per heavy atom. The van der Waals surface area contributed by atoms with E-state index in [2.05, 4.69) is 63.5 Å². The van der Waals surface area contributed by atoms with E-state index in [4.69, 9.17) is 4.74 Å². The van der Waals surface area contributed by atoms with E-state index in [9.17, 15) is 0 Å². The molecule has 2 N–H and O–H groups in total. The Morgan fingerprint density at radius 3 is 2.81 bits per heavy atom. The maximum Gasteiger partial charge on any atom is 0.191 e. The van der Waals surface area contributed by atoms with Crippen LogP contribution in [-0.4, -0.2) is 68.3 Å². The molecule has 1 aromatic rings. The van der Waals surface area contributed by atoms with Gasteiger partial charge < -0.3 is 15.4 Å². The van der Waals surface area contributed by atoms with E-state index in [0.29, 0.717) is 6.04 Å². The van der Waals surface area contributed by atoms with Crippen LogP contribution in [0.5, 0.6) is 0 Å². The number of guanidine groups is 1. The van der Waals surface area contributed by atoms with Gasteiger partial charge in [-0.25, -0.2) is 0 Å². The zero-order valence-corrected chi connectivity index (χ0v) is 19.6. The first kappa shape index (κ1) is 22.8. The van der Waals surface area contributed by atoms with Crippen molar-refractivity contribution in [3.8, 4) is 0 Å². The molecule has 3 rings (SSSR count). The first-order valence-corrected chi connectivity index (χ1v) is 10.8. The first-order chi connectivity index (χ1) is 12.8. The predicted octanol–water partition coefficient (Wildman–Crippen LogP) is 3.05. The Kier molecular flexibility index (Phi) is 10.2. The SMILES string of the molecule is CN=C(NCC1CCCS1)NCC(c1cccc(C)c1)N1CCOCC1.I. The number of morpholine rings is 1. The van der Waals surface area contributed by atoms with Gasteiger partial charge in [0, 0.05) is 38.5 Å². The molecule has 2 aliphatic heterocycles. The molecule has 0 bridgehead atoms. The number of nitrogens with zero attached hydrogens (tertiary/aromatic N) is 2. The number of hydrogen-bond acceptors (Lipinski definition) is 4. The van der Waals surface area contributed by atoms with Crippen molar-refractivity contribution in [1.29, 1.82) is 0 Å². The lowest BCUT2D eigenvalue weighted by Gasteiger charge is -2.35. The average Bonchev–Trinajstić information content (AvgIpc) is 3.19. The average molecular weight is 504 g/mol. The van der Waals surface area contributed by atoms with Crippen LogP contribution in [0.2, 0.25) is 0 Å². The highest BCUT2D eigenvalue weighted by molar-refractivity contribution is 14.0. The highest BCUT2D eigenvalue weighted by atomic mass is 127. The zero-order valence-electron chi connectivity index (χ0n) is 16.4. The van der Waals surface area contributed by atoms with Gasteiger partial charge in [-0.2, -0.15) is 11.8 Å². The topological polar surface area (TPSA) is 48.9 Å². The summed E-state index contributed by atoms with van der Waals surface area (Å²) in [7, 11) is 1.85. The number of thioether (sulfide) groups is 1. The molecule has 0 amide bonds. The highest BCUT2D eigenvalue weighted by Gasteiger charge is 2.23. The van der Waals surface area contributed by atoms with Crippen molar-refractivity contribution < 1.29 is 4.74 Å². The molecule has 2 atom stereocenters. The van der Waals surface area contributed by atoms with Crippen LogP contribution >= 0.6 is 35.7 Å². The Balaban J connectivity index is 0.00000261. The lowest BCUT2D eigenvalue weighted by molar-refractivity contribution is 0.0170. The molecule has 0 aliphatic carbocycles. The number of benzene rings is 1. The molecule has 2 fully saturated rings. The minimum atomic E-state index is 0. The highest BCUT2D eigenvalue weighted by Crippen LogP contribution is 2.25. The van der Waals surface area contributed by atoms with Gasteiger partial charge in [-0.3, -0.25) is 9.89 Å². The number of ether oxygens (including phenoxy) is 1. The molecular formula is C20H33IN4OS. The molecule has 0 radical (unpaired) electrons. The molecule has 0 saturated carbocycles. The quantitative estimate of drug-likeness (QED) is 0.355. The van der Waals surface area contributed by atoms with Crippen LogP contribution in [0.15, 0.2) is 29.3 Å². The maximum atomic E-state index is 5.55. The fourth-order valence-corrected chi connectivity index (χ4v) is 4.86. The van der Waals surface area contributed by atoms with Gasteiger partial charge >= 0.3 is 0 Å². The number of rotatable bonds is 6. The van der Waals surface area contributed by atoms with E-state index in [0.717, 1.165) is 50.6 Å². The Morgan fingerprint density at radius 1 is 1.33 bits per heavy atom. The van der Waals surface area contributed by atoms with E-state index in [1.54, 1.807) is 0 Å². The third kappa shape index (κ3) is 7.11. The minimum absolute atomic E-state index is 0. The molecule has 27 heavy (non-hydrogen) atoms. The molecule has 0 spiro atoms. The van der Waals surface area contributed by atoms with Crippen LogP contribution in [0.4, 0.5) is 0 Å². The molecule has 2 heterocycles. The van der Waals surface area contributed by atoms with Gasteiger partial charge in [-0.1, -0.05) is 29.8 Å². The largest absolute Gasteiger partial charge is 0.379 e. The van der Waals surface area contributed by atoms with Crippen molar-refractivity contribution in [2.75, 3.05) is 52.2 Å². The summed E-state index contributed by atoms with van der Waals surface area (Å²) < 4.78 is 5.55. The van der Waals surface area contributed by atoms with Gasteiger partial charge in [-0.05, 0) is 31.1 Å². The zero-order chi connectivity index (χ0) is 18.2. The normalized spacial score (nSPS) is 22.1. The molecular weight excluding hydrogens is 471 g/mol. The smallest absolute Gasteiger partial charge is 0.191 e. The van der Waals surface area contributed by atoms with Crippen LogP contribution in [0, 0.1) is 6.92 Å². The van der Waals surface area contributed by atoms with E-state index >= 15 is 0 Å². The van der Waals surface area contributed by atoms with Gasteiger partial charge in [0.15, 0.2) is 5.96 Å². The maximum absolute atomic E-state index is 5.55. The van der Waals surface area contributed by atoms with E-state index in [-0.39, 0.29) is 24.0 Å². The number of nitrogens with one attached hydrogen (secondary N) is 2. The fourth-order valence-electron chi connectivity index (χ4n) is 3.65. The first-order valence-electron chi connectivity index (χ1n) is 9.71. The monoisotopic (exact) mass is 504 g/mol. The van der Waals surface area contributed by atoms with Gasteiger partial charge in [0.1, 0.15) is 0 Å². The lowest BCUT2D eigenvalue weighted by Crippen LogP contribution is -2.47. The van der Waals surface area contributed by atoms with Gasteiger partial charge in [0.2, 0.25) is 0 Å². The summed E-state index contributed by atoms with van der Waals surface area (Å²) in [5.41, 5.74) is 2.67. The van der Waals surface area contributed by atoms with Gasteiger partial charge in [0.05, 0.1) is 19.3 Å². The van der Waals surface area contributed by atoms with Gasteiger partial charge in [-0.15, -0.1) is 24.0 Å². The lowest BCUT2D eigenvalue weighted by atomic mass is 10.0. The molecule has 0 aromatic heterocycles. The number of halogens is 1. The third-order valence-corrected chi connectivity index (χ3v) is 6.52. The second-order valence-electron chi connectivity index (χ2n) is 7.05. The number of hydrogen-bond donors (Lipinski definition) is 2. The van der Waals surface area contributed by atoms with Crippen molar-refractivity contribution in [2.24, 2.45) is 4.99 Å². The standard InChI is InChI=1S/C20H32N4OS.HI/c1-16-5-3-6-17(13-16)19(24-8-10-25-11-9-24)15-23-20(21-2)22-14-18-7-4-12-26-18;/h3,5-6,13,18-19H,4,7-12,14-15H2,1-2H3,(H2,21,22,23);1H. The number of aryl methyl sites for hydroxylation is 1. The molecule has 1 aromatic carbocycles. The van der Waals surface area contributed by atoms with Crippen LogP contribution in [0.1, 0.15) is 30.0 Å². The second-order valence-corrected chi connectivity index (χ2v) is 8.46. The molecule has 7 heteroatoms. The molecule has 2 aliphatic rings. The van der Waals surface area contributed by atoms with Crippen molar-refractivity contribution in [3.05, 3.63) is 35.4 Å². The summed E-state index contributed by atoms with van der Waals surface area (Å²) in [5, 5.41) is 7.79. The molecule has 2 unspecified atom stereocenters. The second kappa shape index (κ2) is 12.1. The van der Waals surface area contributed by atoms with Crippen LogP contribution in [0.3, 0.4) is 0 Å². The van der Waals surface area contributed by atoms with E-state index in [1.807, 2.05) is 7.05 Å². The summed E-state index contributed by atoms with van der Waals surface area (Å²) in [6.45, 7) is 7.59. The summed E-state index contributed by atoms with van der Waals surface area (Å²) >= 11 is 2.07. The van der Waals surface area contributed by atoms with E-state index in [1.165, 1.54) is 29.7 Å². The fraction of sp³-hybridized carbons (Fsp3) is 0.650. The molecule has 152 valence electrons. The van der Waals surface area contributed by atoms with Gasteiger partial charge in [0.25, 0.3) is 0 Å².